The van der Waals surface area contributed by atoms with E-state index >= 15 is 0 Å². The summed E-state index contributed by atoms with van der Waals surface area (Å²) in [6.07, 6.45) is 1.92. The summed E-state index contributed by atoms with van der Waals surface area (Å²) in [4.78, 5) is 11.7. The van der Waals surface area contributed by atoms with Gasteiger partial charge in [0.2, 0.25) is 5.91 Å². The Morgan fingerprint density at radius 1 is 1.44 bits per heavy atom. The summed E-state index contributed by atoms with van der Waals surface area (Å²) in [6, 6.07) is 7.68. The van der Waals surface area contributed by atoms with Crippen molar-refractivity contribution in [2.75, 3.05) is 0 Å². The van der Waals surface area contributed by atoms with Gasteiger partial charge >= 0.3 is 0 Å². The Kier molecular flexibility index (Phi) is 6.16. The molecule has 0 fully saturated rings. The number of amides is 1. The lowest BCUT2D eigenvalue weighted by Gasteiger charge is -2.16. The highest BCUT2D eigenvalue weighted by molar-refractivity contribution is 6.31. The molecule has 2 unspecified atom stereocenters. The molecular weight excluding hydrogens is 248 g/mol. The number of nitrogens with one attached hydrogen (secondary N) is 1. The zero-order chi connectivity index (χ0) is 13.5. The van der Waals surface area contributed by atoms with Crippen LogP contribution in [0.5, 0.6) is 0 Å². The van der Waals surface area contributed by atoms with Gasteiger partial charge in [-0.15, -0.1) is 0 Å². The van der Waals surface area contributed by atoms with E-state index in [9.17, 15) is 4.79 Å². The van der Waals surface area contributed by atoms with E-state index in [1.165, 1.54) is 0 Å². The van der Waals surface area contributed by atoms with Crippen molar-refractivity contribution in [1.29, 1.82) is 0 Å². The molecule has 3 N–H and O–H groups in total. The van der Waals surface area contributed by atoms with Crippen LogP contribution in [0.25, 0.3) is 0 Å². The van der Waals surface area contributed by atoms with Crippen molar-refractivity contribution < 1.29 is 4.79 Å². The molecule has 1 rings (SSSR count). The van der Waals surface area contributed by atoms with Crippen molar-refractivity contribution in [2.45, 2.75) is 45.2 Å². The van der Waals surface area contributed by atoms with Gasteiger partial charge in [-0.2, -0.15) is 0 Å². The first-order chi connectivity index (χ1) is 8.52. The van der Waals surface area contributed by atoms with Crippen LogP contribution in [0.4, 0.5) is 0 Å². The van der Waals surface area contributed by atoms with Crippen LogP contribution in [0, 0.1) is 0 Å². The Hall–Kier alpha value is -1.06. The molecule has 3 nitrogen and oxygen atoms in total. The second kappa shape index (κ2) is 7.39. The van der Waals surface area contributed by atoms with Crippen LogP contribution in [-0.2, 0) is 11.2 Å². The zero-order valence-corrected chi connectivity index (χ0v) is 11.7. The topological polar surface area (TPSA) is 55.1 Å². The molecule has 100 valence electrons. The number of carbonyl (C=O) groups excluding carboxylic acids is 1. The van der Waals surface area contributed by atoms with Gasteiger partial charge in [0.25, 0.3) is 0 Å². The molecule has 4 heteroatoms. The minimum absolute atomic E-state index is 0.00361. The Morgan fingerprint density at radius 3 is 2.72 bits per heavy atom. The maximum Gasteiger partial charge on any atom is 0.221 e. The molecule has 0 heterocycles. The molecule has 0 aromatic heterocycles. The van der Waals surface area contributed by atoms with Crippen LogP contribution < -0.4 is 11.1 Å². The molecule has 1 amide bonds. The summed E-state index contributed by atoms with van der Waals surface area (Å²) >= 11 is 6.08. The van der Waals surface area contributed by atoms with Crippen molar-refractivity contribution in [3.63, 3.8) is 0 Å². The first-order valence-corrected chi connectivity index (χ1v) is 6.69. The number of carbonyl (C=O) groups is 1. The lowest BCUT2D eigenvalue weighted by Crippen LogP contribution is -2.37. The molecule has 1 aromatic rings. The fraction of sp³-hybridized carbons (Fsp3) is 0.500. The van der Waals surface area contributed by atoms with Gasteiger partial charge in [0.1, 0.15) is 0 Å². The summed E-state index contributed by atoms with van der Waals surface area (Å²) in [5.74, 6) is 0.00361. The van der Waals surface area contributed by atoms with E-state index in [-0.39, 0.29) is 18.0 Å². The third-order valence-electron chi connectivity index (χ3n) is 2.86. The molecule has 1 aromatic carbocycles. The first-order valence-electron chi connectivity index (χ1n) is 6.31. The molecule has 0 saturated heterocycles. The standard InChI is InChI=1S/C14H21ClN2O/c1-3-12(16)9-14(18)17-10(2)8-11-6-4-5-7-13(11)15/h4-7,10,12H,3,8-9,16H2,1-2H3,(H,17,18). The molecule has 0 saturated carbocycles. The second-order valence-corrected chi connectivity index (χ2v) is 5.04. The normalized spacial score (nSPS) is 14.0. The lowest BCUT2D eigenvalue weighted by atomic mass is 10.1. The van der Waals surface area contributed by atoms with Gasteiger partial charge < -0.3 is 11.1 Å². The van der Waals surface area contributed by atoms with E-state index in [4.69, 9.17) is 17.3 Å². The SMILES string of the molecule is CCC(N)CC(=O)NC(C)Cc1ccccc1Cl. The third kappa shape index (κ3) is 5.07. The van der Waals surface area contributed by atoms with E-state index in [2.05, 4.69) is 5.32 Å². The quantitative estimate of drug-likeness (QED) is 0.833. The molecule has 0 aliphatic rings. The first kappa shape index (κ1) is 15.0. The number of hydrogen-bond donors (Lipinski definition) is 2. The summed E-state index contributed by atoms with van der Waals surface area (Å²) in [5, 5.41) is 3.68. The minimum Gasteiger partial charge on any atom is -0.353 e. The van der Waals surface area contributed by atoms with Gasteiger partial charge in [-0.1, -0.05) is 36.7 Å². The van der Waals surface area contributed by atoms with Crippen LogP contribution in [-0.4, -0.2) is 18.0 Å². The fourth-order valence-corrected chi connectivity index (χ4v) is 1.97. The van der Waals surface area contributed by atoms with E-state index in [0.717, 1.165) is 23.4 Å². The molecule has 0 bridgehead atoms. The van der Waals surface area contributed by atoms with E-state index < -0.39 is 0 Å². The average Bonchev–Trinajstić information content (AvgIpc) is 2.31. The van der Waals surface area contributed by atoms with Crippen LogP contribution >= 0.6 is 11.6 Å². The highest BCUT2D eigenvalue weighted by Gasteiger charge is 2.12. The zero-order valence-electron chi connectivity index (χ0n) is 10.9. The molecule has 2 atom stereocenters. The molecule has 0 spiro atoms. The largest absolute Gasteiger partial charge is 0.353 e. The number of nitrogens with two attached hydrogens (primary N) is 1. The molecule has 0 aliphatic carbocycles. The second-order valence-electron chi connectivity index (χ2n) is 4.64. The van der Waals surface area contributed by atoms with Gasteiger partial charge in [0.05, 0.1) is 0 Å². The van der Waals surface area contributed by atoms with Gasteiger partial charge in [0, 0.05) is 23.5 Å². The van der Waals surface area contributed by atoms with Gasteiger partial charge in [0.15, 0.2) is 0 Å². The Balaban J connectivity index is 2.44. The monoisotopic (exact) mass is 268 g/mol. The smallest absolute Gasteiger partial charge is 0.221 e. The van der Waals surface area contributed by atoms with Crippen molar-refractivity contribution in [1.82, 2.24) is 5.32 Å². The predicted molar refractivity (Wildman–Crippen MR) is 75.6 cm³/mol. The van der Waals surface area contributed by atoms with Gasteiger partial charge in [-0.25, -0.2) is 0 Å². The van der Waals surface area contributed by atoms with E-state index in [1.54, 1.807) is 0 Å². The van der Waals surface area contributed by atoms with Crippen LogP contribution in [0.1, 0.15) is 32.3 Å². The molecule has 18 heavy (non-hydrogen) atoms. The third-order valence-corrected chi connectivity index (χ3v) is 3.23. The van der Waals surface area contributed by atoms with Gasteiger partial charge in [-0.3, -0.25) is 4.79 Å². The molecular formula is C14H21ClN2O. The van der Waals surface area contributed by atoms with E-state index in [0.29, 0.717) is 6.42 Å². The number of halogens is 1. The van der Waals surface area contributed by atoms with E-state index in [1.807, 2.05) is 38.1 Å². The summed E-state index contributed by atoms with van der Waals surface area (Å²) in [7, 11) is 0. The number of hydrogen-bond acceptors (Lipinski definition) is 2. The van der Waals surface area contributed by atoms with Crippen molar-refractivity contribution in [3.05, 3.63) is 34.9 Å². The molecule has 0 radical (unpaired) electrons. The number of benzene rings is 1. The predicted octanol–water partition coefficient (Wildman–Crippen LogP) is 2.51. The summed E-state index contributed by atoms with van der Waals surface area (Å²) < 4.78 is 0. The highest BCUT2D eigenvalue weighted by Crippen LogP contribution is 2.16. The Morgan fingerprint density at radius 2 is 2.11 bits per heavy atom. The van der Waals surface area contributed by atoms with Crippen molar-refractivity contribution in [3.8, 4) is 0 Å². The maximum absolute atomic E-state index is 11.7. The minimum atomic E-state index is -0.0579. The average molecular weight is 269 g/mol. The van der Waals surface area contributed by atoms with Crippen LogP contribution in [0.3, 0.4) is 0 Å². The van der Waals surface area contributed by atoms with Crippen LogP contribution in [0.15, 0.2) is 24.3 Å². The van der Waals surface area contributed by atoms with Crippen molar-refractivity contribution >= 4 is 17.5 Å². The van der Waals surface area contributed by atoms with Crippen molar-refractivity contribution in [2.24, 2.45) is 5.73 Å². The Labute approximate surface area is 114 Å². The van der Waals surface area contributed by atoms with Crippen LogP contribution in [0.2, 0.25) is 5.02 Å². The maximum atomic E-state index is 11.7. The lowest BCUT2D eigenvalue weighted by molar-refractivity contribution is -0.122. The highest BCUT2D eigenvalue weighted by atomic mass is 35.5. The fourth-order valence-electron chi connectivity index (χ4n) is 1.76. The summed E-state index contributed by atoms with van der Waals surface area (Å²) in [5.41, 5.74) is 6.79. The number of rotatable bonds is 6. The Bertz CT molecular complexity index is 395. The van der Waals surface area contributed by atoms with Gasteiger partial charge in [-0.05, 0) is 31.4 Å². The molecule has 0 aliphatic heterocycles. The summed E-state index contributed by atoms with van der Waals surface area (Å²) in [6.45, 7) is 3.95.